The molecule has 0 N–H and O–H groups in total. The Morgan fingerprint density at radius 1 is 1.04 bits per heavy atom. The summed E-state index contributed by atoms with van der Waals surface area (Å²) in [5.74, 6) is 0.997. The number of carbonyl (C=O) groups excluding carboxylic acids is 1. The van der Waals surface area contributed by atoms with Crippen LogP contribution >= 0.6 is 0 Å². The van der Waals surface area contributed by atoms with Crippen molar-refractivity contribution < 1.29 is 9.53 Å². The minimum atomic E-state index is -0.0130. The van der Waals surface area contributed by atoms with Gasteiger partial charge in [0.25, 0.3) is 5.91 Å². The number of nitrogens with zero attached hydrogens (tertiary/aromatic N) is 3. The van der Waals surface area contributed by atoms with Gasteiger partial charge in [-0.25, -0.2) is 0 Å². The van der Waals surface area contributed by atoms with Crippen LogP contribution in [0.15, 0.2) is 60.8 Å². The van der Waals surface area contributed by atoms with Gasteiger partial charge in [0.05, 0.1) is 12.2 Å². The predicted molar refractivity (Wildman–Crippen MR) is 101 cm³/mol. The van der Waals surface area contributed by atoms with E-state index in [9.17, 15) is 4.79 Å². The third kappa shape index (κ3) is 3.51. The third-order valence-electron chi connectivity index (χ3n) is 4.34. The molecule has 2 aromatic heterocycles. The number of amides is 1. The van der Waals surface area contributed by atoms with E-state index in [4.69, 9.17) is 4.74 Å². The van der Waals surface area contributed by atoms with Crippen LogP contribution in [0.4, 0.5) is 11.5 Å². The van der Waals surface area contributed by atoms with Gasteiger partial charge in [0, 0.05) is 45.2 Å². The maximum Gasteiger partial charge on any atom is 0.255 e. The quantitative estimate of drug-likeness (QED) is 0.691. The number of methoxy groups -OCH3 is 1. The van der Waals surface area contributed by atoms with Crippen molar-refractivity contribution >= 4 is 22.9 Å². The molecule has 25 heavy (non-hydrogen) atoms. The second kappa shape index (κ2) is 7.40. The Morgan fingerprint density at radius 2 is 1.76 bits per heavy atom. The van der Waals surface area contributed by atoms with Gasteiger partial charge in [0.1, 0.15) is 5.82 Å². The molecular weight excluding hydrogens is 314 g/mol. The summed E-state index contributed by atoms with van der Waals surface area (Å²) < 4.78 is 7.10. The van der Waals surface area contributed by atoms with Crippen molar-refractivity contribution in [1.29, 1.82) is 0 Å². The first-order chi connectivity index (χ1) is 12.1. The zero-order valence-electron chi connectivity index (χ0n) is 14.8. The van der Waals surface area contributed by atoms with Crippen molar-refractivity contribution in [1.82, 2.24) is 9.30 Å². The lowest BCUT2D eigenvalue weighted by molar-refractivity contribution is 0.0744. The number of hydrogen-bond donors (Lipinski definition) is 0. The lowest BCUT2D eigenvalue weighted by atomic mass is 10.2. The molecular formula is C20H23N3O2. The van der Waals surface area contributed by atoms with E-state index in [1.807, 2.05) is 48.0 Å². The molecule has 0 fully saturated rings. The average Bonchev–Trinajstić information content (AvgIpc) is 3.08. The molecule has 0 spiro atoms. The van der Waals surface area contributed by atoms with Crippen LogP contribution in [-0.4, -0.2) is 49.6 Å². The Hall–Kier alpha value is -2.79. The van der Waals surface area contributed by atoms with Crippen molar-refractivity contribution in [3.05, 3.63) is 66.4 Å². The van der Waals surface area contributed by atoms with E-state index in [0.717, 1.165) is 17.0 Å². The molecule has 0 saturated heterocycles. The van der Waals surface area contributed by atoms with Gasteiger partial charge in [-0.15, -0.1) is 0 Å². The minimum Gasteiger partial charge on any atom is -0.383 e. The summed E-state index contributed by atoms with van der Waals surface area (Å²) >= 11 is 0. The van der Waals surface area contributed by atoms with E-state index in [2.05, 4.69) is 29.2 Å². The van der Waals surface area contributed by atoms with E-state index in [0.29, 0.717) is 18.7 Å². The summed E-state index contributed by atoms with van der Waals surface area (Å²) in [6.07, 6.45) is 1.90. The fourth-order valence-electron chi connectivity index (χ4n) is 2.82. The molecule has 0 atom stereocenters. The van der Waals surface area contributed by atoms with Gasteiger partial charge < -0.3 is 18.9 Å². The number of likely N-dealkylation sites (N-methyl/N-ethyl adjacent to an activating group) is 1. The monoisotopic (exact) mass is 337 g/mol. The third-order valence-corrected chi connectivity index (χ3v) is 4.34. The average molecular weight is 337 g/mol. The van der Waals surface area contributed by atoms with Crippen LogP contribution in [0, 0.1) is 0 Å². The summed E-state index contributed by atoms with van der Waals surface area (Å²) in [5, 5.41) is 0. The molecule has 5 nitrogen and oxygen atoms in total. The molecule has 0 aliphatic heterocycles. The maximum absolute atomic E-state index is 12.6. The SMILES string of the molecule is COCCN(C)C(=O)c1ccc2ccc(N(C)c3ccccc3)n2c1. The van der Waals surface area contributed by atoms with E-state index >= 15 is 0 Å². The fraction of sp³-hybridized carbons (Fsp3) is 0.250. The maximum atomic E-state index is 12.6. The lowest BCUT2D eigenvalue weighted by Crippen LogP contribution is -2.30. The van der Waals surface area contributed by atoms with Crippen LogP contribution in [0.1, 0.15) is 10.4 Å². The highest BCUT2D eigenvalue weighted by atomic mass is 16.5. The zero-order chi connectivity index (χ0) is 17.8. The number of ether oxygens (including phenoxy) is 1. The minimum absolute atomic E-state index is 0.0130. The number of pyridine rings is 1. The van der Waals surface area contributed by atoms with Gasteiger partial charge in [0.15, 0.2) is 0 Å². The van der Waals surface area contributed by atoms with Crippen LogP contribution in [0.5, 0.6) is 0 Å². The van der Waals surface area contributed by atoms with E-state index in [1.165, 1.54) is 0 Å². The van der Waals surface area contributed by atoms with Crippen molar-refractivity contribution in [2.24, 2.45) is 0 Å². The van der Waals surface area contributed by atoms with Gasteiger partial charge >= 0.3 is 0 Å². The van der Waals surface area contributed by atoms with Crippen LogP contribution < -0.4 is 4.90 Å². The van der Waals surface area contributed by atoms with Crippen LogP contribution in [0.3, 0.4) is 0 Å². The number of carbonyl (C=O) groups is 1. The van der Waals surface area contributed by atoms with Crippen LogP contribution in [0.2, 0.25) is 0 Å². The standard InChI is InChI=1S/C20H23N3O2/c1-21(13-14-25-3)20(24)16-9-10-18-11-12-19(23(18)15-16)22(2)17-7-5-4-6-8-17/h4-12,15H,13-14H2,1-3H3. The Bertz CT molecular complexity index is 858. The fourth-order valence-corrected chi connectivity index (χ4v) is 2.82. The van der Waals surface area contributed by atoms with Gasteiger partial charge in [-0.05, 0) is 36.4 Å². The van der Waals surface area contributed by atoms with Crippen LogP contribution in [0.25, 0.3) is 5.52 Å². The number of fused-ring (bicyclic) bond motifs is 1. The lowest BCUT2D eigenvalue weighted by Gasteiger charge is -2.20. The van der Waals surface area contributed by atoms with Crippen LogP contribution in [-0.2, 0) is 4.74 Å². The van der Waals surface area contributed by atoms with Crippen molar-refractivity contribution in [3.63, 3.8) is 0 Å². The molecule has 0 unspecified atom stereocenters. The molecule has 0 aliphatic carbocycles. The second-order valence-electron chi connectivity index (χ2n) is 6.02. The normalized spacial score (nSPS) is 10.8. The second-order valence-corrected chi connectivity index (χ2v) is 6.02. The van der Waals surface area contributed by atoms with Crippen molar-refractivity contribution in [2.75, 3.05) is 39.3 Å². The number of hydrogen-bond acceptors (Lipinski definition) is 3. The number of anilines is 2. The smallest absolute Gasteiger partial charge is 0.255 e. The Morgan fingerprint density at radius 3 is 2.48 bits per heavy atom. The van der Waals surface area contributed by atoms with Gasteiger partial charge in [-0.1, -0.05) is 18.2 Å². The van der Waals surface area contributed by atoms with Crippen molar-refractivity contribution in [2.45, 2.75) is 0 Å². The molecule has 0 aliphatic rings. The molecule has 1 amide bonds. The zero-order valence-corrected chi connectivity index (χ0v) is 14.8. The summed E-state index contributed by atoms with van der Waals surface area (Å²) in [5.41, 5.74) is 2.80. The molecule has 3 rings (SSSR count). The Labute approximate surface area is 148 Å². The van der Waals surface area contributed by atoms with Gasteiger partial charge in [-0.3, -0.25) is 4.79 Å². The molecule has 2 heterocycles. The first-order valence-electron chi connectivity index (χ1n) is 8.26. The largest absolute Gasteiger partial charge is 0.383 e. The molecule has 130 valence electrons. The highest BCUT2D eigenvalue weighted by Crippen LogP contribution is 2.26. The van der Waals surface area contributed by atoms with E-state index < -0.39 is 0 Å². The molecule has 5 heteroatoms. The Balaban J connectivity index is 1.93. The molecule has 0 bridgehead atoms. The summed E-state index contributed by atoms with van der Waals surface area (Å²) in [6, 6.07) is 18.1. The number of aromatic nitrogens is 1. The number of para-hydroxylation sites is 1. The first kappa shape index (κ1) is 17.0. The predicted octanol–water partition coefficient (Wildman–Crippen LogP) is 3.43. The van der Waals surface area contributed by atoms with E-state index in [-0.39, 0.29) is 5.91 Å². The number of rotatable bonds is 6. The summed E-state index contributed by atoms with van der Waals surface area (Å²) in [6.45, 7) is 1.09. The van der Waals surface area contributed by atoms with Gasteiger partial charge in [-0.2, -0.15) is 0 Å². The topological polar surface area (TPSA) is 37.2 Å². The van der Waals surface area contributed by atoms with Gasteiger partial charge in [0.2, 0.25) is 0 Å². The summed E-state index contributed by atoms with van der Waals surface area (Å²) in [7, 11) is 5.45. The molecule has 0 radical (unpaired) electrons. The first-order valence-corrected chi connectivity index (χ1v) is 8.26. The molecule has 0 saturated carbocycles. The summed E-state index contributed by atoms with van der Waals surface area (Å²) in [4.78, 5) is 16.4. The highest BCUT2D eigenvalue weighted by molar-refractivity contribution is 5.94. The van der Waals surface area contributed by atoms with Crippen molar-refractivity contribution in [3.8, 4) is 0 Å². The number of benzene rings is 1. The Kier molecular flexibility index (Phi) is 5.05. The van der Waals surface area contributed by atoms with E-state index in [1.54, 1.807) is 19.1 Å². The molecule has 1 aromatic carbocycles. The molecule has 3 aromatic rings. The highest BCUT2D eigenvalue weighted by Gasteiger charge is 2.14.